The van der Waals surface area contributed by atoms with E-state index in [-0.39, 0.29) is 6.10 Å². The lowest BCUT2D eigenvalue weighted by Gasteiger charge is -2.18. The lowest BCUT2D eigenvalue weighted by molar-refractivity contribution is 0.109. The first kappa shape index (κ1) is 15.1. The molecule has 1 aliphatic rings. The number of ether oxygens (including phenoxy) is 2. The number of aliphatic hydroxyl groups excluding tert-OH is 1. The van der Waals surface area contributed by atoms with Crippen LogP contribution < -0.4 is 14.8 Å². The highest BCUT2D eigenvalue weighted by Crippen LogP contribution is 2.28. The standard InChI is InChI=1S/C16H25NO3/c1-19-15-8-7-12(9-16(15)20-2)10-17-11-14(18)13-5-3-4-6-13/h7-9,13-14,17-18H,3-6,10-11H2,1-2H3. The molecule has 0 spiro atoms. The summed E-state index contributed by atoms with van der Waals surface area (Å²) >= 11 is 0. The Morgan fingerprint density at radius 1 is 1.20 bits per heavy atom. The molecule has 4 nitrogen and oxygen atoms in total. The van der Waals surface area contributed by atoms with Gasteiger partial charge in [0.2, 0.25) is 0 Å². The van der Waals surface area contributed by atoms with Crippen molar-refractivity contribution >= 4 is 0 Å². The zero-order valence-electron chi connectivity index (χ0n) is 12.4. The maximum absolute atomic E-state index is 10.1. The van der Waals surface area contributed by atoms with Gasteiger partial charge in [-0.1, -0.05) is 18.9 Å². The van der Waals surface area contributed by atoms with Crippen LogP contribution in [0.1, 0.15) is 31.2 Å². The molecule has 1 aromatic carbocycles. The van der Waals surface area contributed by atoms with E-state index in [1.54, 1.807) is 14.2 Å². The van der Waals surface area contributed by atoms with E-state index >= 15 is 0 Å². The third kappa shape index (κ3) is 3.87. The molecule has 0 heterocycles. The number of hydrogen-bond donors (Lipinski definition) is 2. The minimum absolute atomic E-state index is 0.224. The summed E-state index contributed by atoms with van der Waals surface area (Å²) in [7, 11) is 3.27. The second-order valence-electron chi connectivity index (χ2n) is 5.43. The van der Waals surface area contributed by atoms with Gasteiger partial charge in [0.25, 0.3) is 0 Å². The molecule has 1 fully saturated rings. The molecule has 1 aliphatic carbocycles. The van der Waals surface area contributed by atoms with Gasteiger partial charge in [-0.3, -0.25) is 0 Å². The molecule has 0 aromatic heterocycles. The van der Waals surface area contributed by atoms with Crippen LogP contribution in [0.3, 0.4) is 0 Å². The predicted molar refractivity (Wildman–Crippen MR) is 79.2 cm³/mol. The summed E-state index contributed by atoms with van der Waals surface area (Å²) in [6, 6.07) is 5.88. The van der Waals surface area contributed by atoms with Crippen LogP contribution in [0.2, 0.25) is 0 Å². The van der Waals surface area contributed by atoms with Crippen LogP contribution in [-0.4, -0.2) is 32.0 Å². The smallest absolute Gasteiger partial charge is 0.161 e. The van der Waals surface area contributed by atoms with E-state index in [1.165, 1.54) is 25.7 Å². The van der Waals surface area contributed by atoms with Crippen LogP contribution in [-0.2, 0) is 6.54 Å². The molecular weight excluding hydrogens is 254 g/mol. The number of hydrogen-bond acceptors (Lipinski definition) is 4. The van der Waals surface area contributed by atoms with Crippen molar-refractivity contribution in [1.29, 1.82) is 0 Å². The topological polar surface area (TPSA) is 50.7 Å². The van der Waals surface area contributed by atoms with Crippen LogP contribution in [0.4, 0.5) is 0 Å². The van der Waals surface area contributed by atoms with Crippen LogP contribution >= 0.6 is 0 Å². The highest BCUT2D eigenvalue weighted by atomic mass is 16.5. The van der Waals surface area contributed by atoms with E-state index in [4.69, 9.17) is 9.47 Å². The lowest BCUT2D eigenvalue weighted by atomic mass is 10.0. The Morgan fingerprint density at radius 3 is 2.55 bits per heavy atom. The quantitative estimate of drug-likeness (QED) is 0.804. The molecule has 1 aromatic rings. The van der Waals surface area contributed by atoms with Gasteiger partial charge < -0.3 is 19.9 Å². The van der Waals surface area contributed by atoms with Gasteiger partial charge in [0, 0.05) is 13.1 Å². The van der Waals surface area contributed by atoms with Crippen molar-refractivity contribution in [2.24, 2.45) is 5.92 Å². The van der Waals surface area contributed by atoms with E-state index in [0.29, 0.717) is 12.5 Å². The molecule has 1 atom stereocenters. The minimum atomic E-state index is -0.224. The molecule has 4 heteroatoms. The van der Waals surface area contributed by atoms with Gasteiger partial charge in [-0.05, 0) is 36.5 Å². The molecule has 1 saturated carbocycles. The third-order valence-electron chi connectivity index (χ3n) is 4.07. The summed E-state index contributed by atoms with van der Waals surface area (Å²) in [5.41, 5.74) is 1.13. The molecule has 0 saturated heterocycles. The summed E-state index contributed by atoms with van der Waals surface area (Å²) in [5.74, 6) is 1.96. The average molecular weight is 279 g/mol. The molecule has 20 heavy (non-hydrogen) atoms. The van der Waals surface area contributed by atoms with Gasteiger partial charge in [0.15, 0.2) is 11.5 Å². The molecule has 0 radical (unpaired) electrons. The summed E-state index contributed by atoms with van der Waals surface area (Å²) in [5, 5.41) is 13.4. The van der Waals surface area contributed by atoms with Crippen molar-refractivity contribution in [3.63, 3.8) is 0 Å². The van der Waals surface area contributed by atoms with Gasteiger partial charge in [0.1, 0.15) is 0 Å². The monoisotopic (exact) mass is 279 g/mol. The highest BCUT2D eigenvalue weighted by molar-refractivity contribution is 5.42. The molecular formula is C16H25NO3. The van der Waals surface area contributed by atoms with Gasteiger partial charge in [0.05, 0.1) is 20.3 Å². The van der Waals surface area contributed by atoms with E-state index in [2.05, 4.69) is 5.32 Å². The van der Waals surface area contributed by atoms with Gasteiger partial charge in [-0.15, -0.1) is 0 Å². The Kier molecular flexibility index (Phi) is 5.68. The Hall–Kier alpha value is -1.26. The van der Waals surface area contributed by atoms with Crippen molar-refractivity contribution in [3.05, 3.63) is 23.8 Å². The fraction of sp³-hybridized carbons (Fsp3) is 0.625. The van der Waals surface area contributed by atoms with E-state index in [0.717, 1.165) is 23.6 Å². The van der Waals surface area contributed by atoms with Crippen molar-refractivity contribution in [2.45, 2.75) is 38.3 Å². The van der Waals surface area contributed by atoms with E-state index in [1.807, 2.05) is 18.2 Å². The van der Waals surface area contributed by atoms with Crippen LogP contribution in [0.25, 0.3) is 0 Å². The third-order valence-corrected chi connectivity index (χ3v) is 4.07. The zero-order chi connectivity index (χ0) is 14.4. The van der Waals surface area contributed by atoms with Crippen LogP contribution in [0, 0.1) is 5.92 Å². The van der Waals surface area contributed by atoms with Crippen molar-refractivity contribution in [2.75, 3.05) is 20.8 Å². The maximum atomic E-state index is 10.1. The summed E-state index contributed by atoms with van der Waals surface area (Å²) in [6.07, 6.45) is 4.63. The normalized spacial score (nSPS) is 17.1. The second kappa shape index (κ2) is 7.50. The molecule has 2 N–H and O–H groups in total. The lowest BCUT2D eigenvalue weighted by Crippen LogP contribution is -2.31. The number of rotatable bonds is 7. The predicted octanol–water partition coefficient (Wildman–Crippen LogP) is 2.34. The maximum Gasteiger partial charge on any atom is 0.161 e. The van der Waals surface area contributed by atoms with Crippen LogP contribution in [0.5, 0.6) is 11.5 Å². The summed E-state index contributed by atoms with van der Waals surface area (Å²) in [6.45, 7) is 1.38. The molecule has 0 bridgehead atoms. The largest absolute Gasteiger partial charge is 0.493 e. The molecule has 1 unspecified atom stereocenters. The first-order valence-corrected chi connectivity index (χ1v) is 7.34. The number of aliphatic hydroxyl groups is 1. The zero-order valence-corrected chi connectivity index (χ0v) is 12.4. The first-order chi connectivity index (χ1) is 9.74. The van der Waals surface area contributed by atoms with Crippen molar-refractivity contribution in [3.8, 4) is 11.5 Å². The fourth-order valence-corrected chi connectivity index (χ4v) is 2.86. The summed E-state index contributed by atoms with van der Waals surface area (Å²) < 4.78 is 10.5. The second-order valence-corrected chi connectivity index (χ2v) is 5.43. The van der Waals surface area contributed by atoms with Crippen molar-refractivity contribution < 1.29 is 14.6 Å². The Labute approximate surface area is 121 Å². The molecule has 0 aliphatic heterocycles. The number of nitrogens with one attached hydrogen (secondary N) is 1. The Bertz CT molecular complexity index is 416. The highest BCUT2D eigenvalue weighted by Gasteiger charge is 2.22. The van der Waals surface area contributed by atoms with Crippen LogP contribution in [0.15, 0.2) is 18.2 Å². The molecule has 2 rings (SSSR count). The van der Waals surface area contributed by atoms with Gasteiger partial charge in [-0.2, -0.15) is 0 Å². The first-order valence-electron chi connectivity index (χ1n) is 7.34. The summed E-state index contributed by atoms with van der Waals surface area (Å²) in [4.78, 5) is 0. The number of methoxy groups -OCH3 is 2. The SMILES string of the molecule is COc1ccc(CNCC(O)C2CCCC2)cc1OC. The number of benzene rings is 1. The van der Waals surface area contributed by atoms with Crippen molar-refractivity contribution in [1.82, 2.24) is 5.32 Å². The Balaban J connectivity index is 1.81. The molecule has 112 valence electrons. The van der Waals surface area contributed by atoms with Gasteiger partial charge in [-0.25, -0.2) is 0 Å². The Morgan fingerprint density at radius 2 is 1.90 bits per heavy atom. The minimum Gasteiger partial charge on any atom is -0.493 e. The molecule has 0 amide bonds. The van der Waals surface area contributed by atoms with E-state index < -0.39 is 0 Å². The van der Waals surface area contributed by atoms with E-state index in [9.17, 15) is 5.11 Å². The van der Waals surface area contributed by atoms with Gasteiger partial charge >= 0.3 is 0 Å². The fourth-order valence-electron chi connectivity index (χ4n) is 2.86. The average Bonchev–Trinajstić information content (AvgIpc) is 3.01.